The lowest BCUT2D eigenvalue weighted by molar-refractivity contribution is -0.136. The van der Waals surface area contributed by atoms with Gasteiger partial charge >= 0.3 is 6.09 Å². The van der Waals surface area contributed by atoms with Crippen molar-refractivity contribution in [1.82, 2.24) is 9.80 Å². The molecule has 1 aliphatic heterocycles. The number of morpholine rings is 1. The van der Waals surface area contributed by atoms with Gasteiger partial charge in [0.15, 0.2) is 5.75 Å². The van der Waals surface area contributed by atoms with E-state index in [2.05, 4.69) is 6.07 Å². The predicted molar refractivity (Wildman–Crippen MR) is 194 cm³/mol. The number of ether oxygens (including phenoxy) is 5. The molecule has 3 aromatic rings. The first-order valence-corrected chi connectivity index (χ1v) is 18.0. The van der Waals surface area contributed by atoms with Crippen LogP contribution < -0.4 is 19.9 Å². The SMILES string of the molecule is COCCCc1cc(CN(C(=O)C(CN)Cc2ccc(OCCOc3c(Cl)cc(C)cc3Cl)cc2)C2CC2)cc(OC(=O)N2CCOCC2)c1. The van der Waals surface area contributed by atoms with Crippen molar-refractivity contribution in [3.05, 3.63) is 86.9 Å². The summed E-state index contributed by atoms with van der Waals surface area (Å²) in [6.07, 6.45) is 3.60. The fourth-order valence-corrected chi connectivity index (χ4v) is 6.67. The highest BCUT2D eigenvalue weighted by atomic mass is 35.5. The third kappa shape index (κ3) is 11.0. The Labute approximate surface area is 304 Å². The Kier molecular flexibility index (Phi) is 14.0. The molecule has 0 radical (unpaired) electrons. The van der Waals surface area contributed by atoms with Gasteiger partial charge in [-0.25, -0.2) is 4.79 Å². The van der Waals surface area contributed by atoms with Crippen molar-refractivity contribution in [3.8, 4) is 17.2 Å². The van der Waals surface area contributed by atoms with E-state index in [0.29, 0.717) is 79.8 Å². The van der Waals surface area contributed by atoms with Crippen molar-refractivity contribution in [2.45, 2.75) is 51.6 Å². The molecule has 2 N–H and O–H groups in total. The van der Waals surface area contributed by atoms with Crippen LogP contribution in [0, 0.1) is 12.8 Å². The van der Waals surface area contributed by atoms with Crippen molar-refractivity contribution >= 4 is 35.2 Å². The molecule has 1 saturated carbocycles. The van der Waals surface area contributed by atoms with Gasteiger partial charge in [-0.1, -0.05) is 41.4 Å². The lowest BCUT2D eigenvalue weighted by Crippen LogP contribution is -2.42. The lowest BCUT2D eigenvalue weighted by atomic mass is 9.97. The number of nitrogens with zero attached hydrogens (tertiary/aromatic N) is 2. The average molecular weight is 729 g/mol. The second-order valence-corrected chi connectivity index (χ2v) is 13.6. The van der Waals surface area contributed by atoms with Crippen LogP contribution in [0.1, 0.15) is 41.5 Å². The van der Waals surface area contributed by atoms with Gasteiger partial charge in [0.25, 0.3) is 0 Å². The molecular weight excluding hydrogens is 681 g/mol. The summed E-state index contributed by atoms with van der Waals surface area (Å²) in [6.45, 7) is 5.73. The lowest BCUT2D eigenvalue weighted by Gasteiger charge is -2.28. The Balaban J connectivity index is 1.19. The first kappa shape index (κ1) is 37.7. The molecule has 2 amide bonds. The molecule has 0 spiro atoms. The summed E-state index contributed by atoms with van der Waals surface area (Å²) in [5.74, 6) is 1.24. The topological polar surface area (TPSA) is 113 Å². The monoisotopic (exact) mass is 727 g/mol. The highest BCUT2D eigenvalue weighted by molar-refractivity contribution is 6.37. The standard InChI is InChI=1S/C38H47Cl2N3O7/c1-26-18-34(39)36(35(40)19-26)49-17-16-48-32-9-5-27(6-10-32)21-30(24-41)37(44)43(31-7-8-31)25-29-20-28(4-3-13-46-2)22-33(23-29)50-38(45)42-11-14-47-15-12-42/h5-6,9-10,18-20,22-23,30-31H,3-4,7-8,11-17,21,24-25,41H2,1-2H3. The smallest absolute Gasteiger partial charge is 0.415 e. The summed E-state index contributed by atoms with van der Waals surface area (Å²) in [5, 5.41) is 0.926. The predicted octanol–water partition coefficient (Wildman–Crippen LogP) is 6.48. The number of carbonyl (C=O) groups is 2. The summed E-state index contributed by atoms with van der Waals surface area (Å²) in [4.78, 5) is 30.5. The molecule has 10 nitrogen and oxygen atoms in total. The fraction of sp³-hybridized carbons (Fsp3) is 0.474. The third-order valence-corrected chi connectivity index (χ3v) is 9.28. The number of halogens is 2. The Bertz CT molecular complexity index is 1560. The molecule has 50 heavy (non-hydrogen) atoms. The van der Waals surface area contributed by atoms with Crippen LogP contribution in [0.25, 0.3) is 0 Å². The fourth-order valence-electron chi connectivity index (χ4n) is 5.96. The minimum Gasteiger partial charge on any atom is -0.490 e. The van der Waals surface area contributed by atoms with Gasteiger partial charge < -0.3 is 39.2 Å². The number of amides is 2. The molecule has 2 fully saturated rings. The van der Waals surface area contributed by atoms with E-state index in [1.807, 2.05) is 48.2 Å². The third-order valence-electron chi connectivity index (χ3n) is 8.72. The van der Waals surface area contributed by atoms with Gasteiger partial charge in [0, 0.05) is 45.9 Å². The normalized spacial score (nSPS) is 15.0. The zero-order valence-electron chi connectivity index (χ0n) is 28.8. The van der Waals surface area contributed by atoms with Crippen LogP contribution in [0.4, 0.5) is 4.79 Å². The van der Waals surface area contributed by atoms with Crippen molar-refractivity contribution in [2.24, 2.45) is 11.7 Å². The summed E-state index contributed by atoms with van der Waals surface area (Å²) < 4.78 is 28.1. The van der Waals surface area contributed by atoms with Gasteiger partial charge in [0.05, 0.1) is 29.2 Å². The van der Waals surface area contributed by atoms with Crippen LogP contribution in [0.5, 0.6) is 17.2 Å². The van der Waals surface area contributed by atoms with E-state index < -0.39 is 6.09 Å². The maximum atomic E-state index is 14.0. The Hall–Kier alpha value is -3.54. The van der Waals surface area contributed by atoms with E-state index in [1.165, 1.54) is 0 Å². The second kappa shape index (κ2) is 18.6. The molecule has 3 aromatic carbocycles. The van der Waals surface area contributed by atoms with Crippen LogP contribution in [0.2, 0.25) is 10.0 Å². The molecule has 270 valence electrons. The number of hydrogen-bond acceptors (Lipinski definition) is 8. The number of carbonyl (C=O) groups excluding carboxylic acids is 2. The number of aryl methyl sites for hydroxylation is 2. The molecule has 1 heterocycles. The molecule has 1 unspecified atom stereocenters. The Morgan fingerprint density at radius 1 is 0.920 bits per heavy atom. The number of nitrogens with two attached hydrogens (primary N) is 1. The maximum absolute atomic E-state index is 14.0. The summed E-state index contributed by atoms with van der Waals surface area (Å²) in [5.41, 5.74) is 10.1. The summed E-state index contributed by atoms with van der Waals surface area (Å²) in [7, 11) is 1.68. The minimum absolute atomic E-state index is 0.0255. The number of methoxy groups -OCH3 is 1. The maximum Gasteiger partial charge on any atom is 0.415 e. The van der Waals surface area contributed by atoms with Crippen LogP contribution >= 0.6 is 23.2 Å². The van der Waals surface area contributed by atoms with E-state index in [4.69, 9.17) is 52.6 Å². The summed E-state index contributed by atoms with van der Waals surface area (Å²) in [6, 6.07) is 17.3. The first-order valence-electron chi connectivity index (χ1n) is 17.2. The van der Waals surface area contributed by atoms with Crippen molar-refractivity contribution < 1.29 is 33.3 Å². The van der Waals surface area contributed by atoms with Crippen molar-refractivity contribution in [2.75, 3.05) is 59.8 Å². The molecule has 2 aliphatic rings. The summed E-state index contributed by atoms with van der Waals surface area (Å²) >= 11 is 12.5. The molecular formula is C38H47Cl2N3O7. The van der Waals surface area contributed by atoms with Crippen LogP contribution in [-0.2, 0) is 33.7 Å². The van der Waals surface area contributed by atoms with E-state index >= 15 is 0 Å². The van der Waals surface area contributed by atoms with Crippen LogP contribution in [-0.4, -0.2) is 87.6 Å². The number of rotatable bonds is 17. The first-order chi connectivity index (χ1) is 24.2. The Morgan fingerprint density at radius 3 is 2.26 bits per heavy atom. The zero-order valence-corrected chi connectivity index (χ0v) is 30.3. The van der Waals surface area contributed by atoms with Gasteiger partial charge in [-0.15, -0.1) is 0 Å². The highest BCUT2D eigenvalue weighted by Crippen LogP contribution is 2.34. The Morgan fingerprint density at radius 2 is 1.60 bits per heavy atom. The van der Waals surface area contributed by atoms with E-state index in [1.54, 1.807) is 24.1 Å². The molecule has 1 atom stereocenters. The van der Waals surface area contributed by atoms with Crippen molar-refractivity contribution in [1.29, 1.82) is 0 Å². The average Bonchev–Trinajstić information content (AvgIpc) is 3.95. The van der Waals surface area contributed by atoms with Gasteiger partial charge in [0.1, 0.15) is 24.7 Å². The molecule has 0 aromatic heterocycles. The molecule has 12 heteroatoms. The van der Waals surface area contributed by atoms with Crippen molar-refractivity contribution in [3.63, 3.8) is 0 Å². The molecule has 1 aliphatic carbocycles. The van der Waals surface area contributed by atoms with Gasteiger partial charge in [-0.05, 0) is 97.7 Å². The van der Waals surface area contributed by atoms with Crippen LogP contribution in [0.15, 0.2) is 54.6 Å². The molecule has 5 rings (SSSR count). The number of benzene rings is 3. The largest absolute Gasteiger partial charge is 0.490 e. The van der Waals surface area contributed by atoms with Gasteiger partial charge in [0.2, 0.25) is 5.91 Å². The molecule has 1 saturated heterocycles. The quantitative estimate of drug-likeness (QED) is 0.157. The number of hydrogen-bond donors (Lipinski definition) is 1. The second-order valence-electron chi connectivity index (χ2n) is 12.8. The highest BCUT2D eigenvalue weighted by Gasteiger charge is 2.35. The zero-order chi connectivity index (χ0) is 35.5. The molecule has 0 bridgehead atoms. The minimum atomic E-state index is -0.395. The van der Waals surface area contributed by atoms with Gasteiger partial charge in [-0.3, -0.25) is 4.79 Å². The van der Waals surface area contributed by atoms with E-state index in [0.717, 1.165) is 47.9 Å². The van der Waals surface area contributed by atoms with E-state index in [-0.39, 0.29) is 31.0 Å². The van der Waals surface area contributed by atoms with E-state index in [9.17, 15) is 9.59 Å². The van der Waals surface area contributed by atoms with Gasteiger partial charge in [-0.2, -0.15) is 0 Å². The van der Waals surface area contributed by atoms with Crippen LogP contribution in [0.3, 0.4) is 0 Å².